The minimum absolute atomic E-state index is 0.628. The molecule has 1 aromatic heterocycles. The summed E-state index contributed by atoms with van der Waals surface area (Å²) in [5, 5.41) is 4.30. The van der Waals surface area contributed by atoms with Gasteiger partial charge in [0.15, 0.2) is 0 Å². The molecule has 18 heavy (non-hydrogen) atoms. The summed E-state index contributed by atoms with van der Waals surface area (Å²) in [7, 11) is 0. The van der Waals surface area contributed by atoms with Gasteiger partial charge < -0.3 is 0 Å². The van der Waals surface area contributed by atoms with E-state index in [1.807, 2.05) is 4.68 Å². The topological polar surface area (TPSA) is 34.0 Å². The summed E-state index contributed by atoms with van der Waals surface area (Å²) in [5.74, 6) is 1.85. The lowest BCUT2D eigenvalue weighted by Crippen LogP contribution is -2.39. The molecule has 1 unspecified atom stereocenters. The van der Waals surface area contributed by atoms with Crippen LogP contribution in [0.4, 0.5) is 0 Å². The maximum absolute atomic E-state index is 5.90. The molecule has 0 spiro atoms. The molecule has 0 radical (unpaired) electrons. The maximum Gasteiger partial charge on any atom is 0.141 e. The molecule has 0 bridgehead atoms. The molecule has 5 heteroatoms. The van der Waals surface area contributed by atoms with E-state index in [2.05, 4.69) is 21.9 Å². The molecule has 2 rings (SSSR count). The number of hydrogen-bond donors (Lipinski definition) is 0. The van der Waals surface area contributed by atoms with Gasteiger partial charge in [-0.05, 0) is 32.2 Å². The van der Waals surface area contributed by atoms with Crippen LogP contribution >= 0.6 is 11.6 Å². The van der Waals surface area contributed by atoms with E-state index in [0.29, 0.717) is 6.04 Å². The Balaban J connectivity index is 1.99. The predicted octanol–water partition coefficient (Wildman–Crippen LogP) is 2.67. The zero-order valence-electron chi connectivity index (χ0n) is 11.2. The smallest absolute Gasteiger partial charge is 0.141 e. The van der Waals surface area contributed by atoms with Gasteiger partial charge in [0.1, 0.15) is 12.2 Å². The summed E-state index contributed by atoms with van der Waals surface area (Å²) in [4.78, 5) is 6.93. The molecule has 0 saturated carbocycles. The van der Waals surface area contributed by atoms with Crippen molar-refractivity contribution in [1.29, 1.82) is 0 Å². The van der Waals surface area contributed by atoms with Crippen LogP contribution in [0.25, 0.3) is 0 Å². The quantitative estimate of drug-likeness (QED) is 0.746. The molecule has 4 nitrogen and oxygen atoms in total. The highest BCUT2D eigenvalue weighted by Gasteiger charge is 2.23. The van der Waals surface area contributed by atoms with Gasteiger partial charge in [0.25, 0.3) is 0 Å². The highest BCUT2D eigenvalue weighted by Crippen LogP contribution is 2.21. The van der Waals surface area contributed by atoms with E-state index in [9.17, 15) is 0 Å². The van der Waals surface area contributed by atoms with Crippen molar-refractivity contribution in [2.45, 2.75) is 58.2 Å². The maximum atomic E-state index is 5.90. The van der Waals surface area contributed by atoms with Crippen molar-refractivity contribution in [1.82, 2.24) is 19.7 Å². The van der Waals surface area contributed by atoms with Crippen LogP contribution in [0.1, 0.15) is 44.9 Å². The Bertz CT molecular complexity index is 351. The van der Waals surface area contributed by atoms with E-state index in [0.717, 1.165) is 37.6 Å². The van der Waals surface area contributed by atoms with Gasteiger partial charge in [-0.15, -0.1) is 11.6 Å². The lowest BCUT2D eigenvalue weighted by atomic mass is 10.00. The zero-order valence-corrected chi connectivity index (χ0v) is 11.9. The highest BCUT2D eigenvalue weighted by atomic mass is 35.5. The van der Waals surface area contributed by atoms with Crippen molar-refractivity contribution in [2.75, 3.05) is 12.4 Å². The van der Waals surface area contributed by atoms with Gasteiger partial charge in [-0.25, -0.2) is 9.67 Å². The normalized spacial score (nSPS) is 21.3. The predicted molar refractivity (Wildman–Crippen MR) is 73.7 cm³/mol. The minimum Gasteiger partial charge on any atom is -0.293 e. The van der Waals surface area contributed by atoms with Crippen LogP contribution in [0.15, 0.2) is 6.33 Å². The summed E-state index contributed by atoms with van der Waals surface area (Å²) in [6.07, 6.45) is 7.76. The lowest BCUT2D eigenvalue weighted by Gasteiger charge is -2.35. The summed E-state index contributed by atoms with van der Waals surface area (Å²) in [6.45, 7) is 5.22. The molecule has 1 atom stereocenters. The fraction of sp³-hybridized carbons (Fsp3) is 0.846. The number of halogens is 1. The van der Waals surface area contributed by atoms with Gasteiger partial charge in [0, 0.05) is 18.5 Å². The molecule has 1 aliphatic rings. The fourth-order valence-electron chi connectivity index (χ4n) is 2.71. The zero-order chi connectivity index (χ0) is 12.8. The second kappa shape index (κ2) is 7.10. The average molecular weight is 271 g/mol. The third-order valence-electron chi connectivity index (χ3n) is 3.67. The molecule has 1 fully saturated rings. The standard InChI is InChI=1S/C13H23ClN4/c1-2-8-18-13(15-11-16-18)10-17-9-4-3-5-12(17)6-7-14/h11-12H,2-10H2,1H3. The summed E-state index contributed by atoms with van der Waals surface area (Å²) >= 11 is 5.90. The van der Waals surface area contributed by atoms with Crippen LogP contribution in [-0.4, -0.2) is 38.1 Å². The Morgan fingerprint density at radius 1 is 1.44 bits per heavy atom. The van der Waals surface area contributed by atoms with Crippen molar-refractivity contribution >= 4 is 11.6 Å². The minimum atomic E-state index is 0.628. The van der Waals surface area contributed by atoms with E-state index in [1.165, 1.54) is 25.8 Å². The molecule has 0 aliphatic carbocycles. The lowest BCUT2D eigenvalue weighted by molar-refractivity contribution is 0.131. The molecule has 1 saturated heterocycles. The molecule has 1 aliphatic heterocycles. The Hall–Kier alpha value is -0.610. The van der Waals surface area contributed by atoms with Crippen molar-refractivity contribution in [3.05, 3.63) is 12.2 Å². The number of piperidine rings is 1. The first-order valence-electron chi connectivity index (χ1n) is 7.01. The summed E-state index contributed by atoms with van der Waals surface area (Å²) in [6, 6.07) is 0.628. The van der Waals surface area contributed by atoms with E-state index >= 15 is 0 Å². The SMILES string of the molecule is CCCn1ncnc1CN1CCCCC1CCCl. The van der Waals surface area contributed by atoms with Crippen LogP contribution < -0.4 is 0 Å². The van der Waals surface area contributed by atoms with E-state index in [4.69, 9.17) is 11.6 Å². The molecule has 2 heterocycles. The van der Waals surface area contributed by atoms with E-state index < -0.39 is 0 Å². The number of hydrogen-bond acceptors (Lipinski definition) is 3. The second-order valence-corrected chi connectivity index (χ2v) is 5.38. The molecule has 0 aromatic carbocycles. The van der Waals surface area contributed by atoms with Crippen molar-refractivity contribution in [3.63, 3.8) is 0 Å². The third kappa shape index (κ3) is 3.45. The first-order valence-corrected chi connectivity index (χ1v) is 7.55. The number of aromatic nitrogens is 3. The number of aryl methyl sites for hydroxylation is 1. The van der Waals surface area contributed by atoms with Gasteiger partial charge in [-0.1, -0.05) is 13.3 Å². The third-order valence-corrected chi connectivity index (χ3v) is 3.89. The van der Waals surface area contributed by atoms with Crippen LogP contribution in [0.3, 0.4) is 0 Å². The first-order chi connectivity index (χ1) is 8.85. The number of nitrogens with zero attached hydrogens (tertiary/aromatic N) is 4. The molecule has 0 N–H and O–H groups in total. The Morgan fingerprint density at radius 3 is 3.11 bits per heavy atom. The van der Waals surface area contributed by atoms with Crippen LogP contribution in [0, 0.1) is 0 Å². The van der Waals surface area contributed by atoms with Gasteiger partial charge >= 0.3 is 0 Å². The largest absolute Gasteiger partial charge is 0.293 e. The Labute approximate surface area is 114 Å². The molecular formula is C13H23ClN4. The number of likely N-dealkylation sites (tertiary alicyclic amines) is 1. The second-order valence-electron chi connectivity index (χ2n) is 5.00. The first kappa shape index (κ1) is 13.8. The molecular weight excluding hydrogens is 248 g/mol. The average Bonchev–Trinajstić information content (AvgIpc) is 2.80. The molecule has 0 amide bonds. The summed E-state index contributed by atoms with van der Waals surface area (Å²) < 4.78 is 2.03. The number of alkyl halides is 1. The molecule has 102 valence electrons. The van der Waals surface area contributed by atoms with Gasteiger partial charge in [-0.2, -0.15) is 5.10 Å². The number of rotatable bonds is 6. The Morgan fingerprint density at radius 2 is 2.33 bits per heavy atom. The van der Waals surface area contributed by atoms with Crippen molar-refractivity contribution in [3.8, 4) is 0 Å². The molecule has 1 aromatic rings. The monoisotopic (exact) mass is 270 g/mol. The van der Waals surface area contributed by atoms with Gasteiger partial charge in [0.2, 0.25) is 0 Å². The van der Waals surface area contributed by atoms with Gasteiger partial charge in [-0.3, -0.25) is 4.90 Å². The fourth-order valence-corrected chi connectivity index (χ4v) is 2.96. The van der Waals surface area contributed by atoms with Crippen molar-refractivity contribution in [2.24, 2.45) is 0 Å². The van der Waals surface area contributed by atoms with Crippen LogP contribution in [0.5, 0.6) is 0 Å². The van der Waals surface area contributed by atoms with Crippen LogP contribution in [0.2, 0.25) is 0 Å². The van der Waals surface area contributed by atoms with Crippen molar-refractivity contribution < 1.29 is 0 Å². The Kier molecular flexibility index (Phi) is 5.45. The summed E-state index contributed by atoms with van der Waals surface area (Å²) in [5.41, 5.74) is 0. The van der Waals surface area contributed by atoms with E-state index in [1.54, 1.807) is 6.33 Å². The highest BCUT2D eigenvalue weighted by molar-refractivity contribution is 6.17. The van der Waals surface area contributed by atoms with E-state index in [-0.39, 0.29) is 0 Å². The van der Waals surface area contributed by atoms with Crippen LogP contribution in [-0.2, 0) is 13.1 Å². The van der Waals surface area contributed by atoms with Gasteiger partial charge in [0.05, 0.1) is 6.54 Å².